The molecule has 0 saturated carbocycles. The molecule has 2 aromatic carbocycles. The van der Waals surface area contributed by atoms with E-state index in [2.05, 4.69) is 10.2 Å². The Morgan fingerprint density at radius 3 is 2.38 bits per heavy atom. The van der Waals surface area contributed by atoms with Crippen molar-refractivity contribution in [3.63, 3.8) is 0 Å². The van der Waals surface area contributed by atoms with Gasteiger partial charge in [0.15, 0.2) is 5.76 Å². The Balaban J connectivity index is 1.35. The van der Waals surface area contributed by atoms with Gasteiger partial charge < -0.3 is 24.3 Å². The maximum absolute atomic E-state index is 13.0. The van der Waals surface area contributed by atoms with Crippen LogP contribution in [0.15, 0.2) is 59.0 Å². The van der Waals surface area contributed by atoms with Gasteiger partial charge in [-0.05, 0) is 48.5 Å². The standard InChI is InChI=1S/C23H21ClN4O6/c1-33-19-7-2-15(24)14-18(19)23(30)27-12-10-26(11-13-27)17-5-3-16(4-6-17)25-22(29)20-8-9-21(34-20)28(31)32/h2-9,14H,10-13H2,1H3,(H,25,29). The van der Waals surface area contributed by atoms with E-state index in [1.807, 2.05) is 12.1 Å². The first-order valence-corrected chi connectivity index (χ1v) is 10.8. The van der Waals surface area contributed by atoms with E-state index in [-0.39, 0.29) is 11.7 Å². The third kappa shape index (κ3) is 4.96. The zero-order chi connectivity index (χ0) is 24.2. The minimum absolute atomic E-state index is 0.129. The van der Waals surface area contributed by atoms with Crippen molar-refractivity contribution < 1.29 is 23.7 Å². The van der Waals surface area contributed by atoms with Gasteiger partial charge in [-0.3, -0.25) is 19.7 Å². The number of nitrogens with zero attached hydrogens (tertiary/aromatic N) is 3. The van der Waals surface area contributed by atoms with Crippen molar-refractivity contribution in [3.8, 4) is 5.75 Å². The van der Waals surface area contributed by atoms with Crippen LogP contribution in [0, 0.1) is 10.1 Å². The van der Waals surface area contributed by atoms with E-state index in [0.29, 0.717) is 48.2 Å². The number of methoxy groups -OCH3 is 1. The fourth-order valence-corrected chi connectivity index (χ4v) is 3.85. The van der Waals surface area contributed by atoms with Crippen LogP contribution in [-0.4, -0.2) is 54.9 Å². The number of anilines is 2. The van der Waals surface area contributed by atoms with E-state index in [9.17, 15) is 19.7 Å². The molecule has 1 N–H and O–H groups in total. The predicted molar refractivity (Wildman–Crippen MR) is 126 cm³/mol. The van der Waals surface area contributed by atoms with Gasteiger partial charge in [-0.2, -0.15) is 0 Å². The van der Waals surface area contributed by atoms with E-state index in [1.165, 1.54) is 13.2 Å². The second-order valence-electron chi connectivity index (χ2n) is 7.52. The molecule has 2 amide bonds. The van der Waals surface area contributed by atoms with E-state index >= 15 is 0 Å². The van der Waals surface area contributed by atoms with Crippen LogP contribution >= 0.6 is 11.6 Å². The van der Waals surface area contributed by atoms with Crippen molar-refractivity contribution in [1.82, 2.24) is 4.90 Å². The summed E-state index contributed by atoms with van der Waals surface area (Å²) >= 11 is 6.06. The first kappa shape index (κ1) is 23.1. The summed E-state index contributed by atoms with van der Waals surface area (Å²) in [5.41, 5.74) is 1.90. The number of ether oxygens (including phenoxy) is 1. The highest BCUT2D eigenvalue weighted by Crippen LogP contribution is 2.26. The lowest BCUT2D eigenvalue weighted by Gasteiger charge is -2.36. The average molecular weight is 485 g/mol. The molecule has 1 aliphatic heterocycles. The Labute approximate surface area is 199 Å². The zero-order valence-corrected chi connectivity index (χ0v) is 18.9. The number of benzene rings is 2. The van der Waals surface area contributed by atoms with Crippen LogP contribution < -0.4 is 15.0 Å². The maximum atomic E-state index is 13.0. The van der Waals surface area contributed by atoms with Crippen molar-refractivity contribution in [3.05, 3.63) is 81.1 Å². The van der Waals surface area contributed by atoms with Crippen LogP contribution in [0.3, 0.4) is 0 Å². The van der Waals surface area contributed by atoms with E-state index in [1.54, 1.807) is 35.2 Å². The van der Waals surface area contributed by atoms with Crippen LogP contribution in [0.25, 0.3) is 0 Å². The molecule has 0 unspecified atom stereocenters. The molecule has 0 radical (unpaired) electrons. The molecule has 10 nitrogen and oxygen atoms in total. The molecule has 4 rings (SSSR count). The Hall–Kier alpha value is -4.05. The summed E-state index contributed by atoms with van der Waals surface area (Å²) < 4.78 is 10.2. The normalized spacial score (nSPS) is 13.5. The number of carbonyl (C=O) groups excluding carboxylic acids is 2. The highest BCUT2D eigenvalue weighted by atomic mass is 35.5. The Bertz CT molecular complexity index is 1220. The lowest BCUT2D eigenvalue weighted by molar-refractivity contribution is -0.402. The number of halogens is 1. The minimum atomic E-state index is -0.704. The van der Waals surface area contributed by atoms with Gasteiger partial charge in [0.2, 0.25) is 0 Å². The van der Waals surface area contributed by atoms with Gasteiger partial charge in [0.1, 0.15) is 10.7 Å². The summed E-state index contributed by atoms with van der Waals surface area (Å²) in [4.78, 5) is 39.1. The Kier molecular flexibility index (Phi) is 6.69. The number of hydrogen-bond acceptors (Lipinski definition) is 7. The molecule has 1 aromatic heterocycles. The average Bonchev–Trinajstić information content (AvgIpc) is 3.35. The van der Waals surface area contributed by atoms with E-state index in [4.69, 9.17) is 20.8 Å². The lowest BCUT2D eigenvalue weighted by Crippen LogP contribution is -2.48. The molecule has 34 heavy (non-hydrogen) atoms. The molecular weight excluding hydrogens is 464 g/mol. The second kappa shape index (κ2) is 9.84. The quantitative estimate of drug-likeness (QED) is 0.414. The summed E-state index contributed by atoms with van der Waals surface area (Å²) in [6.07, 6.45) is 0. The summed E-state index contributed by atoms with van der Waals surface area (Å²) in [7, 11) is 1.52. The van der Waals surface area contributed by atoms with Gasteiger partial charge >= 0.3 is 5.88 Å². The lowest BCUT2D eigenvalue weighted by atomic mass is 10.1. The monoisotopic (exact) mass is 484 g/mol. The molecule has 0 spiro atoms. The summed E-state index contributed by atoms with van der Waals surface area (Å²) in [6, 6.07) is 14.5. The Morgan fingerprint density at radius 1 is 1.06 bits per heavy atom. The van der Waals surface area contributed by atoms with Gasteiger partial charge in [-0.1, -0.05) is 11.6 Å². The molecule has 0 atom stereocenters. The molecule has 1 aliphatic rings. The van der Waals surface area contributed by atoms with E-state index in [0.717, 1.165) is 11.8 Å². The van der Waals surface area contributed by atoms with Crippen LogP contribution in [0.5, 0.6) is 5.75 Å². The number of rotatable bonds is 6. The van der Waals surface area contributed by atoms with Crippen LogP contribution in [0.4, 0.5) is 17.3 Å². The number of hydrogen-bond donors (Lipinski definition) is 1. The first-order chi connectivity index (χ1) is 16.4. The smallest absolute Gasteiger partial charge is 0.433 e. The topological polar surface area (TPSA) is 118 Å². The second-order valence-corrected chi connectivity index (χ2v) is 7.96. The van der Waals surface area contributed by atoms with Crippen molar-refractivity contribution in [2.75, 3.05) is 43.5 Å². The number of carbonyl (C=O) groups is 2. The predicted octanol–water partition coefficient (Wildman–Crippen LogP) is 4.06. The summed E-state index contributed by atoms with van der Waals surface area (Å²) in [5, 5.41) is 13.8. The molecule has 1 fully saturated rings. The molecular formula is C23H21ClN4O6. The fraction of sp³-hybridized carbons (Fsp3) is 0.217. The van der Waals surface area contributed by atoms with Gasteiger partial charge in [-0.25, -0.2) is 0 Å². The number of amides is 2. The molecule has 11 heteroatoms. The summed E-state index contributed by atoms with van der Waals surface area (Å²) in [5.74, 6) is -0.863. The van der Waals surface area contributed by atoms with Gasteiger partial charge in [0.25, 0.3) is 11.8 Å². The minimum Gasteiger partial charge on any atom is -0.496 e. The number of piperazine rings is 1. The van der Waals surface area contributed by atoms with Crippen LogP contribution in [0.2, 0.25) is 5.02 Å². The zero-order valence-electron chi connectivity index (χ0n) is 18.2. The maximum Gasteiger partial charge on any atom is 0.433 e. The molecule has 1 saturated heterocycles. The molecule has 2 heterocycles. The van der Waals surface area contributed by atoms with Gasteiger partial charge in [0, 0.05) is 42.6 Å². The van der Waals surface area contributed by atoms with Crippen LogP contribution in [0.1, 0.15) is 20.9 Å². The first-order valence-electron chi connectivity index (χ1n) is 10.4. The van der Waals surface area contributed by atoms with Gasteiger partial charge in [-0.15, -0.1) is 0 Å². The van der Waals surface area contributed by atoms with Crippen molar-refractivity contribution >= 4 is 40.7 Å². The highest BCUT2D eigenvalue weighted by molar-refractivity contribution is 6.31. The molecule has 0 bridgehead atoms. The van der Waals surface area contributed by atoms with Crippen molar-refractivity contribution in [2.45, 2.75) is 0 Å². The van der Waals surface area contributed by atoms with Crippen LogP contribution in [-0.2, 0) is 0 Å². The molecule has 0 aliphatic carbocycles. The molecule has 176 valence electrons. The third-order valence-electron chi connectivity index (χ3n) is 5.44. The van der Waals surface area contributed by atoms with Crippen molar-refractivity contribution in [2.24, 2.45) is 0 Å². The fourth-order valence-electron chi connectivity index (χ4n) is 3.68. The largest absolute Gasteiger partial charge is 0.496 e. The molecule has 3 aromatic rings. The Morgan fingerprint density at radius 2 is 1.76 bits per heavy atom. The highest BCUT2D eigenvalue weighted by Gasteiger charge is 2.25. The van der Waals surface area contributed by atoms with Crippen molar-refractivity contribution in [1.29, 1.82) is 0 Å². The SMILES string of the molecule is COc1ccc(Cl)cc1C(=O)N1CCN(c2ccc(NC(=O)c3ccc([N+](=O)[O-])o3)cc2)CC1. The van der Waals surface area contributed by atoms with E-state index < -0.39 is 16.7 Å². The number of nitro groups is 1. The number of nitrogens with one attached hydrogen (secondary N) is 1. The van der Waals surface area contributed by atoms with Gasteiger partial charge in [0.05, 0.1) is 18.7 Å². The third-order valence-corrected chi connectivity index (χ3v) is 5.68. The summed E-state index contributed by atoms with van der Waals surface area (Å²) in [6.45, 7) is 2.33. The number of furan rings is 1.